The molecule has 0 N–H and O–H groups in total. The van der Waals surface area contributed by atoms with Crippen molar-refractivity contribution in [2.45, 2.75) is 24.7 Å². The van der Waals surface area contributed by atoms with E-state index in [0.29, 0.717) is 43.0 Å². The van der Waals surface area contributed by atoms with Crippen molar-refractivity contribution in [3.8, 4) is 17.5 Å². The summed E-state index contributed by atoms with van der Waals surface area (Å²) in [7, 11) is 1.63. The topological polar surface area (TPSA) is 110 Å². The normalized spacial score (nSPS) is 10.7. The van der Waals surface area contributed by atoms with Gasteiger partial charge in [0.05, 0.1) is 44.2 Å². The first-order chi connectivity index (χ1) is 14.7. The number of furan rings is 1. The van der Waals surface area contributed by atoms with Crippen LogP contribution in [0.5, 0.6) is 0 Å². The highest BCUT2D eigenvalue weighted by molar-refractivity contribution is 7.99. The molecule has 0 aromatic carbocycles. The number of rotatable bonds is 11. The van der Waals surface area contributed by atoms with Crippen LogP contribution < -0.4 is 0 Å². The van der Waals surface area contributed by atoms with Gasteiger partial charge in [0.15, 0.2) is 11.0 Å². The number of nitriles is 1. The second-order valence-corrected chi connectivity index (χ2v) is 7.22. The first-order valence-corrected chi connectivity index (χ1v) is 10.3. The Morgan fingerprint density at radius 2 is 2.17 bits per heavy atom. The Morgan fingerprint density at radius 3 is 2.87 bits per heavy atom. The summed E-state index contributed by atoms with van der Waals surface area (Å²) in [5, 5.41) is 18.1. The number of carbonyl (C=O) groups excluding carboxylic acids is 1. The molecule has 3 heterocycles. The fraction of sp³-hybridized carbons (Fsp3) is 0.350. The van der Waals surface area contributed by atoms with E-state index >= 15 is 0 Å². The van der Waals surface area contributed by atoms with E-state index in [9.17, 15) is 4.79 Å². The minimum atomic E-state index is -0.0987. The molecule has 0 spiro atoms. The third-order valence-electron chi connectivity index (χ3n) is 4.27. The number of hydrogen-bond donors (Lipinski definition) is 0. The lowest BCUT2D eigenvalue weighted by molar-refractivity contribution is -0.129. The Morgan fingerprint density at radius 1 is 1.33 bits per heavy atom. The van der Waals surface area contributed by atoms with E-state index in [1.54, 1.807) is 36.7 Å². The molecule has 0 saturated carbocycles. The summed E-state index contributed by atoms with van der Waals surface area (Å²) >= 11 is 1.31. The number of thioether (sulfide) groups is 1. The Hall–Kier alpha value is -3.16. The van der Waals surface area contributed by atoms with E-state index < -0.39 is 0 Å². The molecule has 0 radical (unpaired) electrons. The summed E-state index contributed by atoms with van der Waals surface area (Å²) in [5.41, 5.74) is 0.889. The first kappa shape index (κ1) is 21.5. The van der Waals surface area contributed by atoms with Crippen molar-refractivity contribution >= 4 is 17.7 Å². The van der Waals surface area contributed by atoms with Crippen LogP contribution in [0.1, 0.15) is 12.2 Å². The molecule has 0 aliphatic rings. The predicted octanol–water partition coefficient (Wildman–Crippen LogP) is 2.61. The lowest BCUT2D eigenvalue weighted by atomic mass is 10.2. The molecule has 0 atom stereocenters. The maximum atomic E-state index is 12.8. The summed E-state index contributed by atoms with van der Waals surface area (Å²) < 4.78 is 12.5. The molecule has 30 heavy (non-hydrogen) atoms. The summed E-state index contributed by atoms with van der Waals surface area (Å²) in [4.78, 5) is 18.5. The van der Waals surface area contributed by atoms with Gasteiger partial charge in [0, 0.05) is 31.6 Å². The van der Waals surface area contributed by atoms with Crippen LogP contribution in [0.3, 0.4) is 0 Å². The number of amides is 1. The minimum Gasteiger partial charge on any atom is -0.467 e. The number of hydrogen-bond acceptors (Lipinski definition) is 8. The van der Waals surface area contributed by atoms with E-state index in [-0.39, 0.29) is 18.1 Å². The summed E-state index contributed by atoms with van der Waals surface area (Å²) in [5.74, 6) is 1.45. The third-order valence-corrected chi connectivity index (χ3v) is 5.22. The van der Waals surface area contributed by atoms with Crippen molar-refractivity contribution in [1.82, 2.24) is 24.6 Å². The fourth-order valence-electron chi connectivity index (χ4n) is 2.78. The van der Waals surface area contributed by atoms with Crippen LogP contribution in [0.15, 0.2) is 52.5 Å². The van der Waals surface area contributed by atoms with Gasteiger partial charge in [-0.1, -0.05) is 11.8 Å². The Kier molecular flexibility index (Phi) is 8.00. The van der Waals surface area contributed by atoms with Gasteiger partial charge in [-0.2, -0.15) is 5.26 Å². The SMILES string of the molecule is COCCn1c(SCC(=O)N(CCC#N)Cc2ccco2)nnc1-c1ccncc1. The largest absolute Gasteiger partial charge is 0.467 e. The first-order valence-electron chi connectivity index (χ1n) is 9.35. The zero-order valence-electron chi connectivity index (χ0n) is 16.6. The molecule has 0 saturated heterocycles. The predicted molar refractivity (Wildman–Crippen MR) is 110 cm³/mol. The molecule has 1 amide bonds. The Labute approximate surface area is 178 Å². The molecule has 3 rings (SSSR count). The number of pyridine rings is 1. The monoisotopic (exact) mass is 426 g/mol. The number of aromatic nitrogens is 4. The second kappa shape index (κ2) is 11.1. The van der Waals surface area contributed by atoms with Gasteiger partial charge in [-0.3, -0.25) is 14.3 Å². The molecule has 0 bridgehead atoms. The summed E-state index contributed by atoms with van der Waals surface area (Å²) in [6.45, 7) is 1.72. The van der Waals surface area contributed by atoms with Crippen molar-refractivity contribution in [3.63, 3.8) is 0 Å². The van der Waals surface area contributed by atoms with Gasteiger partial charge in [-0.05, 0) is 24.3 Å². The van der Waals surface area contributed by atoms with Gasteiger partial charge in [0.2, 0.25) is 5.91 Å². The van der Waals surface area contributed by atoms with E-state index in [2.05, 4.69) is 21.3 Å². The lowest BCUT2D eigenvalue weighted by Crippen LogP contribution is -2.32. The van der Waals surface area contributed by atoms with E-state index in [1.807, 2.05) is 22.8 Å². The molecule has 0 aliphatic carbocycles. The Balaban J connectivity index is 1.72. The zero-order valence-corrected chi connectivity index (χ0v) is 17.4. The third kappa shape index (κ3) is 5.68. The average Bonchev–Trinajstić information content (AvgIpc) is 3.43. The van der Waals surface area contributed by atoms with Gasteiger partial charge in [-0.25, -0.2) is 0 Å². The van der Waals surface area contributed by atoms with Crippen molar-refractivity contribution in [2.75, 3.05) is 26.0 Å². The number of methoxy groups -OCH3 is 1. The molecule has 0 aliphatic heterocycles. The van der Waals surface area contributed by atoms with Gasteiger partial charge in [-0.15, -0.1) is 10.2 Å². The van der Waals surface area contributed by atoms with Gasteiger partial charge in [0.1, 0.15) is 5.76 Å². The smallest absolute Gasteiger partial charge is 0.233 e. The average molecular weight is 427 g/mol. The Bertz CT molecular complexity index is 968. The van der Waals surface area contributed by atoms with Crippen LogP contribution >= 0.6 is 11.8 Å². The van der Waals surface area contributed by atoms with Crippen LogP contribution in [0.2, 0.25) is 0 Å². The summed E-state index contributed by atoms with van der Waals surface area (Å²) in [6.07, 6.45) is 5.22. The van der Waals surface area contributed by atoms with E-state index in [0.717, 1.165) is 5.56 Å². The number of ether oxygens (including phenoxy) is 1. The van der Waals surface area contributed by atoms with Gasteiger partial charge in [0.25, 0.3) is 0 Å². The number of carbonyl (C=O) groups is 1. The van der Waals surface area contributed by atoms with Crippen LogP contribution in [0.4, 0.5) is 0 Å². The molecule has 9 nitrogen and oxygen atoms in total. The molecule has 156 valence electrons. The lowest BCUT2D eigenvalue weighted by Gasteiger charge is -2.20. The van der Waals surface area contributed by atoms with Crippen molar-refractivity contribution in [1.29, 1.82) is 5.26 Å². The van der Waals surface area contributed by atoms with Crippen LogP contribution in [-0.2, 0) is 22.6 Å². The maximum absolute atomic E-state index is 12.8. The van der Waals surface area contributed by atoms with Gasteiger partial charge >= 0.3 is 0 Å². The molecule has 3 aromatic rings. The molecular weight excluding hydrogens is 404 g/mol. The maximum Gasteiger partial charge on any atom is 0.233 e. The summed E-state index contributed by atoms with van der Waals surface area (Å²) in [6, 6.07) is 9.39. The van der Waals surface area contributed by atoms with E-state index in [1.165, 1.54) is 11.8 Å². The highest BCUT2D eigenvalue weighted by atomic mass is 32.2. The quantitative estimate of drug-likeness (QED) is 0.430. The second-order valence-electron chi connectivity index (χ2n) is 6.28. The molecule has 10 heteroatoms. The number of nitrogens with zero attached hydrogens (tertiary/aromatic N) is 6. The van der Waals surface area contributed by atoms with Crippen molar-refractivity contribution in [2.24, 2.45) is 0 Å². The van der Waals surface area contributed by atoms with Crippen molar-refractivity contribution in [3.05, 3.63) is 48.7 Å². The van der Waals surface area contributed by atoms with Gasteiger partial charge < -0.3 is 14.1 Å². The molecule has 0 unspecified atom stereocenters. The van der Waals surface area contributed by atoms with Crippen LogP contribution in [0, 0.1) is 11.3 Å². The minimum absolute atomic E-state index is 0.0987. The van der Waals surface area contributed by atoms with Crippen LogP contribution in [0.25, 0.3) is 11.4 Å². The molecule has 3 aromatic heterocycles. The zero-order chi connectivity index (χ0) is 21.2. The fourth-order valence-corrected chi connectivity index (χ4v) is 3.65. The highest BCUT2D eigenvalue weighted by Gasteiger charge is 2.19. The molecule has 0 fully saturated rings. The molecular formula is C20H22N6O3S. The van der Waals surface area contributed by atoms with Crippen molar-refractivity contribution < 1.29 is 13.9 Å². The van der Waals surface area contributed by atoms with E-state index in [4.69, 9.17) is 14.4 Å². The highest BCUT2D eigenvalue weighted by Crippen LogP contribution is 2.24. The standard InChI is InChI=1S/C20H22N6O3S/c1-28-13-11-26-19(16-5-8-22-9-6-16)23-24-20(26)30-15-18(27)25(10-3-7-21)14-17-4-2-12-29-17/h2,4-6,8-9,12H,3,10-11,13-15H2,1H3. The van der Waals surface area contributed by atoms with Crippen LogP contribution in [-0.4, -0.2) is 56.6 Å².